The maximum absolute atomic E-state index is 12.5. The van der Waals surface area contributed by atoms with Crippen molar-refractivity contribution in [1.82, 2.24) is 4.98 Å². The van der Waals surface area contributed by atoms with Crippen LogP contribution in [0.25, 0.3) is 17.0 Å². The number of carboxylic acids is 1. The highest BCUT2D eigenvalue weighted by molar-refractivity contribution is 6.12. The summed E-state index contributed by atoms with van der Waals surface area (Å²) in [6.45, 7) is 0.322. The van der Waals surface area contributed by atoms with Gasteiger partial charge in [0.15, 0.2) is 5.78 Å². The van der Waals surface area contributed by atoms with Crippen LogP contribution in [0.15, 0.2) is 91.0 Å². The number of hydrogen-bond donors (Lipinski definition) is 1. The van der Waals surface area contributed by atoms with E-state index in [4.69, 9.17) is 4.74 Å². The molecule has 1 heterocycles. The first-order valence-corrected chi connectivity index (χ1v) is 9.72. The summed E-state index contributed by atoms with van der Waals surface area (Å²) >= 11 is 0. The van der Waals surface area contributed by atoms with Crippen LogP contribution in [-0.4, -0.2) is 21.8 Å². The van der Waals surface area contributed by atoms with Gasteiger partial charge in [-0.1, -0.05) is 60.7 Å². The number of aromatic nitrogens is 1. The number of ether oxygens (including phenoxy) is 1. The minimum absolute atomic E-state index is 0.0166. The Kier molecular flexibility index (Phi) is 5.85. The van der Waals surface area contributed by atoms with Gasteiger partial charge in [-0.2, -0.15) is 0 Å². The van der Waals surface area contributed by atoms with Crippen molar-refractivity contribution in [2.24, 2.45) is 0 Å². The van der Waals surface area contributed by atoms with Crippen molar-refractivity contribution in [2.45, 2.75) is 6.61 Å². The third-order valence-corrected chi connectivity index (χ3v) is 4.75. The monoisotopic (exact) mass is 409 g/mol. The molecule has 5 nitrogen and oxygen atoms in total. The molecule has 0 bridgehead atoms. The lowest BCUT2D eigenvalue weighted by molar-refractivity contribution is 0.0693. The second-order valence-electron chi connectivity index (χ2n) is 6.90. The van der Waals surface area contributed by atoms with Crippen molar-refractivity contribution in [2.75, 3.05) is 0 Å². The van der Waals surface area contributed by atoms with E-state index in [0.29, 0.717) is 12.4 Å². The van der Waals surface area contributed by atoms with Crippen LogP contribution in [0.1, 0.15) is 32.0 Å². The van der Waals surface area contributed by atoms with Crippen molar-refractivity contribution in [3.05, 3.63) is 113 Å². The second kappa shape index (κ2) is 9.05. The molecule has 0 saturated carbocycles. The molecule has 0 aliphatic carbocycles. The molecule has 0 unspecified atom stereocenters. The fraction of sp³-hybridized carbons (Fsp3) is 0.0385. The van der Waals surface area contributed by atoms with Crippen LogP contribution in [0.4, 0.5) is 0 Å². The molecular formula is C26H19NO4. The summed E-state index contributed by atoms with van der Waals surface area (Å²) in [7, 11) is 0. The molecule has 0 saturated heterocycles. The molecule has 1 N–H and O–H groups in total. The fourth-order valence-corrected chi connectivity index (χ4v) is 3.20. The van der Waals surface area contributed by atoms with Crippen LogP contribution in [0.5, 0.6) is 5.75 Å². The summed E-state index contributed by atoms with van der Waals surface area (Å²) in [6, 6.07) is 25.3. The van der Waals surface area contributed by atoms with E-state index in [1.807, 2.05) is 60.7 Å². The van der Waals surface area contributed by atoms with Crippen LogP contribution >= 0.6 is 0 Å². The maximum atomic E-state index is 12.5. The van der Waals surface area contributed by atoms with Gasteiger partial charge in [0, 0.05) is 10.9 Å². The molecule has 4 aromatic rings. The van der Waals surface area contributed by atoms with Crippen molar-refractivity contribution in [3.8, 4) is 5.75 Å². The number of allylic oxidation sites excluding steroid dienone is 1. The maximum Gasteiger partial charge on any atom is 0.336 e. The first-order valence-electron chi connectivity index (χ1n) is 9.72. The lowest BCUT2D eigenvalue weighted by atomic mass is 10.0. The van der Waals surface area contributed by atoms with Crippen molar-refractivity contribution in [1.29, 1.82) is 0 Å². The third-order valence-electron chi connectivity index (χ3n) is 4.75. The van der Waals surface area contributed by atoms with E-state index < -0.39 is 5.97 Å². The second-order valence-corrected chi connectivity index (χ2v) is 6.90. The summed E-state index contributed by atoms with van der Waals surface area (Å²) in [5, 5.41) is 10.3. The van der Waals surface area contributed by atoms with Gasteiger partial charge in [-0.15, -0.1) is 0 Å². The SMILES string of the molecule is O=C(O)c1ccccc1C(=O)C=Cc1cccc(OCc2ccc3ccccc3n2)c1. The lowest BCUT2D eigenvalue weighted by Gasteiger charge is -2.07. The van der Waals surface area contributed by atoms with E-state index in [-0.39, 0.29) is 16.9 Å². The number of ketones is 1. The fourth-order valence-electron chi connectivity index (χ4n) is 3.20. The van der Waals surface area contributed by atoms with Crippen molar-refractivity contribution < 1.29 is 19.4 Å². The third kappa shape index (κ3) is 4.85. The lowest BCUT2D eigenvalue weighted by Crippen LogP contribution is -2.06. The number of nitrogens with zero attached hydrogens (tertiary/aromatic N) is 1. The summed E-state index contributed by atoms with van der Waals surface area (Å²) in [5.74, 6) is -0.852. The first-order chi connectivity index (χ1) is 15.1. The number of carboxylic acid groups (broad SMARTS) is 1. The van der Waals surface area contributed by atoms with Gasteiger partial charge in [0.25, 0.3) is 0 Å². The Morgan fingerprint density at radius 2 is 1.65 bits per heavy atom. The summed E-state index contributed by atoms with van der Waals surface area (Å²) in [5.41, 5.74) is 2.64. The topological polar surface area (TPSA) is 76.5 Å². The standard InChI is InChI=1S/C26H19NO4/c28-25(22-9-2-3-10-23(22)26(29)30)15-12-18-6-5-8-21(16-18)31-17-20-14-13-19-7-1-4-11-24(19)27-20/h1-16H,17H2,(H,29,30). The number of carbonyl (C=O) groups is 2. The minimum Gasteiger partial charge on any atom is -0.487 e. The van der Waals surface area contributed by atoms with Gasteiger partial charge < -0.3 is 9.84 Å². The molecule has 1 aromatic heterocycles. The highest BCUT2D eigenvalue weighted by Gasteiger charge is 2.13. The van der Waals surface area contributed by atoms with Gasteiger partial charge in [0.05, 0.1) is 16.8 Å². The van der Waals surface area contributed by atoms with Gasteiger partial charge in [0.1, 0.15) is 12.4 Å². The smallest absolute Gasteiger partial charge is 0.336 e. The number of fused-ring (bicyclic) bond motifs is 1. The largest absolute Gasteiger partial charge is 0.487 e. The molecule has 0 atom stereocenters. The normalized spacial score (nSPS) is 11.0. The molecule has 3 aromatic carbocycles. The molecular weight excluding hydrogens is 390 g/mol. The first kappa shape index (κ1) is 20.0. The minimum atomic E-state index is -1.13. The zero-order valence-corrected chi connectivity index (χ0v) is 16.6. The summed E-state index contributed by atoms with van der Waals surface area (Å²) < 4.78 is 5.86. The van der Waals surface area contributed by atoms with Crippen LogP contribution in [0.3, 0.4) is 0 Å². The number of hydrogen-bond acceptors (Lipinski definition) is 4. The number of para-hydroxylation sites is 1. The zero-order chi connectivity index (χ0) is 21.6. The Labute approximate surface area is 179 Å². The van der Waals surface area contributed by atoms with Crippen molar-refractivity contribution >= 4 is 28.7 Å². The average molecular weight is 409 g/mol. The number of aromatic carboxylic acids is 1. The molecule has 0 aliphatic heterocycles. The molecule has 4 rings (SSSR count). The molecule has 152 valence electrons. The highest BCUT2D eigenvalue weighted by Crippen LogP contribution is 2.18. The number of carbonyl (C=O) groups excluding carboxylic acids is 1. The number of pyridine rings is 1. The molecule has 5 heteroatoms. The van der Waals surface area contributed by atoms with Crippen molar-refractivity contribution in [3.63, 3.8) is 0 Å². The number of benzene rings is 3. The van der Waals surface area contributed by atoms with Crippen LogP contribution in [0.2, 0.25) is 0 Å². The quantitative estimate of drug-likeness (QED) is 0.326. The van der Waals surface area contributed by atoms with E-state index in [0.717, 1.165) is 22.2 Å². The number of rotatable bonds is 7. The van der Waals surface area contributed by atoms with Crippen LogP contribution < -0.4 is 4.74 Å². The van der Waals surface area contributed by atoms with E-state index in [1.165, 1.54) is 18.2 Å². The Morgan fingerprint density at radius 1 is 0.871 bits per heavy atom. The molecule has 31 heavy (non-hydrogen) atoms. The predicted molar refractivity (Wildman–Crippen MR) is 119 cm³/mol. The molecule has 0 fully saturated rings. The van der Waals surface area contributed by atoms with Crippen LogP contribution in [-0.2, 0) is 6.61 Å². The van der Waals surface area contributed by atoms with Crippen LogP contribution in [0, 0.1) is 0 Å². The van der Waals surface area contributed by atoms with Gasteiger partial charge >= 0.3 is 5.97 Å². The molecule has 0 spiro atoms. The molecule has 0 radical (unpaired) electrons. The van der Waals surface area contributed by atoms with E-state index in [2.05, 4.69) is 4.98 Å². The Hall–Kier alpha value is -4.25. The molecule has 0 amide bonds. The Balaban J connectivity index is 1.45. The molecule has 0 aliphatic rings. The van der Waals surface area contributed by atoms with Gasteiger partial charge in [-0.05, 0) is 42.0 Å². The average Bonchev–Trinajstić information content (AvgIpc) is 2.81. The van der Waals surface area contributed by atoms with E-state index in [1.54, 1.807) is 18.2 Å². The van der Waals surface area contributed by atoms with E-state index in [9.17, 15) is 14.7 Å². The van der Waals surface area contributed by atoms with Gasteiger partial charge in [-0.25, -0.2) is 9.78 Å². The Morgan fingerprint density at radius 3 is 2.48 bits per heavy atom. The highest BCUT2D eigenvalue weighted by atomic mass is 16.5. The zero-order valence-electron chi connectivity index (χ0n) is 16.6. The van der Waals surface area contributed by atoms with E-state index >= 15 is 0 Å². The van der Waals surface area contributed by atoms with Gasteiger partial charge in [-0.3, -0.25) is 4.79 Å². The summed E-state index contributed by atoms with van der Waals surface area (Å²) in [6.07, 6.45) is 3.01. The predicted octanol–water partition coefficient (Wildman–Crippen LogP) is 5.41. The Bertz CT molecular complexity index is 1290. The van der Waals surface area contributed by atoms with Gasteiger partial charge in [0.2, 0.25) is 0 Å². The summed E-state index contributed by atoms with van der Waals surface area (Å²) in [4.78, 5) is 28.4.